The van der Waals surface area contributed by atoms with Gasteiger partial charge in [0.05, 0.1) is 6.20 Å². The fourth-order valence-electron chi connectivity index (χ4n) is 1.82. The summed E-state index contributed by atoms with van der Waals surface area (Å²) >= 11 is 0. The summed E-state index contributed by atoms with van der Waals surface area (Å²) in [7, 11) is 0. The lowest BCUT2D eigenvalue weighted by Crippen LogP contribution is -2.02. The number of nitrogen functional groups attached to an aromatic ring is 2. The van der Waals surface area contributed by atoms with Crippen molar-refractivity contribution in [2.45, 2.75) is 26.7 Å². The molecule has 0 saturated heterocycles. The van der Waals surface area contributed by atoms with Crippen molar-refractivity contribution in [3.05, 3.63) is 29.5 Å². The van der Waals surface area contributed by atoms with E-state index in [0.717, 1.165) is 11.1 Å². The molecule has 20 heavy (non-hydrogen) atoms. The second kappa shape index (κ2) is 5.24. The molecule has 2 aromatic rings. The van der Waals surface area contributed by atoms with Gasteiger partial charge in [-0.15, -0.1) is 0 Å². The number of phenols is 1. The molecular weight excluding hydrogens is 256 g/mol. The molecule has 5 N–H and O–H groups in total. The fourth-order valence-corrected chi connectivity index (χ4v) is 1.82. The number of hydrogen-bond donors (Lipinski definition) is 3. The Morgan fingerprint density at radius 1 is 1.20 bits per heavy atom. The third-order valence-corrected chi connectivity index (χ3v) is 2.97. The highest BCUT2D eigenvalue weighted by atomic mass is 16.5. The number of rotatable bonds is 3. The molecule has 6 nitrogen and oxygen atoms in total. The van der Waals surface area contributed by atoms with Gasteiger partial charge in [0.25, 0.3) is 0 Å². The number of nitrogens with zero attached hydrogens (tertiary/aromatic N) is 2. The summed E-state index contributed by atoms with van der Waals surface area (Å²) in [5, 5.41) is 9.81. The van der Waals surface area contributed by atoms with Crippen LogP contribution < -0.4 is 16.2 Å². The Bertz CT molecular complexity index is 641. The topological polar surface area (TPSA) is 107 Å². The highest BCUT2D eigenvalue weighted by molar-refractivity contribution is 5.52. The zero-order chi connectivity index (χ0) is 14.9. The molecule has 1 aromatic carbocycles. The Balaban J connectivity index is 2.44. The molecule has 0 aliphatic rings. The monoisotopic (exact) mass is 274 g/mol. The molecule has 1 heterocycles. The second-order valence-electron chi connectivity index (χ2n) is 4.91. The van der Waals surface area contributed by atoms with Crippen molar-refractivity contribution in [1.29, 1.82) is 0 Å². The molecule has 0 amide bonds. The third kappa shape index (κ3) is 2.74. The largest absolute Gasteiger partial charge is 0.508 e. The SMILES string of the molecule is Cc1cc(Oc2cnc(N)nc2N)c(C(C)C)cc1O. The van der Waals surface area contributed by atoms with Crippen molar-refractivity contribution in [3.8, 4) is 17.2 Å². The molecule has 0 aliphatic carbocycles. The maximum atomic E-state index is 9.81. The van der Waals surface area contributed by atoms with Gasteiger partial charge >= 0.3 is 0 Å². The van der Waals surface area contributed by atoms with E-state index in [1.54, 1.807) is 19.1 Å². The summed E-state index contributed by atoms with van der Waals surface area (Å²) in [4.78, 5) is 7.72. The maximum absolute atomic E-state index is 9.81. The molecule has 1 aromatic heterocycles. The van der Waals surface area contributed by atoms with Crippen molar-refractivity contribution < 1.29 is 9.84 Å². The molecule has 0 radical (unpaired) electrons. The predicted molar refractivity (Wildman–Crippen MR) is 77.9 cm³/mol. The summed E-state index contributed by atoms with van der Waals surface area (Å²) in [6.45, 7) is 5.83. The number of ether oxygens (including phenoxy) is 1. The first-order valence-electron chi connectivity index (χ1n) is 6.27. The minimum absolute atomic E-state index is 0.0980. The van der Waals surface area contributed by atoms with E-state index in [1.807, 2.05) is 13.8 Å². The van der Waals surface area contributed by atoms with Crippen molar-refractivity contribution in [2.75, 3.05) is 11.5 Å². The molecule has 0 saturated carbocycles. The molecular formula is C14H18N4O2. The van der Waals surface area contributed by atoms with E-state index < -0.39 is 0 Å². The highest BCUT2D eigenvalue weighted by Crippen LogP contribution is 2.36. The number of phenolic OH excluding ortho intramolecular Hbond substituents is 1. The van der Waals surface area contributed by atoms with Gasteiger partial charge in [0.2, 0.25) is 5.95 Å². The Morgan fingerprint density at radius 2 is 1.90 bits per heavy atom. The van der Waals surface area contributed by atoms with Gasteiger partial charge in [0.15, 0.2) is 11.6 Å². The normalized spacial score (nSPS) is 10.8. The van der Waals surface area contributed by atoms with Crippen molar-refractivity contribution in [3.63, 3.8) is 0 Å². The van der Waals surface area contributed by atoms with Crippen LogP contribution in [0.2, 0.25) is 0 Å². The lowest BCUT2D eigenvalue weighted by Gasteiger charge is -2.16. The summed E-state index contributed by atoms with van der Waals surface area (Å²) in [5.74, 6) is 1.66. The van der Waals surface area contributed by atoms with Gasteiger partial charge in [-0.2, -0.15) is 4.98 Å². The minimum Gasteiger partial charge on any atom is -0.508 e. The van der Waals surface area contributed by atoms with Crippen molar-refractivity contribution in [2.24, 2.45) is 0 Å². The number of anilines is 2. The van der Waals surface area contributed by atoms with Gasteiger partial charge in [-0.1, -0.05) is 13.8 Å². The standard InChI is InChI=1S/C14H18N4O2/c1-7(2)9-5-10(19)8(3)4-11(9)20-12-6-17-14(16)18-13(12)15/h4-7,19H,1-3H3,(H4,15,16,17,18). The third-order valence-electron chi connectivity index (χ3n) is 2.97. The summed E-state index contributed by atoms with van der Waals surface area (Å²) < 4.78 is 5.78. The first-order chi connectivity index (χ1) is 9.38. The lowest BCUT2D eigenvalue weighted by molar-refractivity contribution is 0.453. The van der Waals surface area contributed by atoms with E-state index in [4.69, 9.17) is 16.2 Å². The molecule has 0 aliphatic heterocycles. The van der Waals surface area contributed by atoms with Gasteiger partial charge in [0.1, 0.15) is 11.5 Å². The molecule has 0 unspecified atom stereocenters. The van der Waals surface area contributed by atoms with Gasteiger partial charge < -0.3 is 21.3 Å². The van der Waals surface area contributed by atoms with Crippen LogP contribution in [0, 0.1) is 6.92 Å². The van der Waals surface area contributed by atoms with Crippen LogP contribution in [-0.4, -0.2) is 15.1 Å². The average Bonchev–Trinajstić information content (AvgIpc) is 2.36. The second-order valence-corrected chi connectivity index (χ2v) is 4.91. The highest BCUT2D eigenvalue weighted by Gasteiger charge is 2.14. The van der Waals surface area contributed by atoms with Crippen LogP contribution in [0.1, 0.15) is 30.9 Å². The van der Waals surface area contributed by atoms with Crippen LogP contribution in [0.3, 0.4) is 0 Å². The fraction of sp³-hybridized carbons (Fsp3) is 0.286. The number of nitrogens with two attached hydrogens (primary N) is 2. The summed E-state index contributed by atoms with van der Waals surface area (Å²) in [6.07, 6.45) is 1.43. The van der Waals surface area contributed by atoms with E-state index in [-0.39, 0.29) is 23.4 Å². The summed E-state index contributed by atoms with van der Waals surface area (Å²) in [5.41, 5.74) is 12.8. The Morgan fingerprint density at radius 3 is 2.50 bits per heavy atom. The number of benzene rings is 1. The zero-order valence-corrected chi connectivity index (χ0v) is 11.7. The number of hydrogen-bond acceptors (Lipinski definition) is 6. The Kier molecular flexibility index (Phi) is 3.65. The Labute approximate surface area is 117 Å². The average molecular weight is 274 g/mol. The van der Waals surface area contributed by atoms with E-state index in [2.05, 4.69) is 9.97 Å². The Hall–Kier alpha value is -2.50. The van der Waals surface area contributed by atoms with Crippen LogP contribution in [0.15, 0.2) is 18.3 Å². The smallest absolute Gasteiger partial charge is 0.222 e. The first-order valence-corrected chi connectivity index (χ1v) is 6.27. The van der Waals surface area contributed by atoms with Crippen LogP contribution in [-0.2, 0) is 0 Å². The number of aryl methyl sites for hydroxylation is 1. The minimum atomic E-state index is 0.0980. The molecule has 0 bridgehead atoms. The van der Waals surface area contributed by atoms with E-state index in [0.29, 0.717) is 11.5 Å². The first kappa shape index (κ1) is 13.9. The molecule has 0 atom stereocenters. The molecule has 0 fully saturated rings. The van der Waals surface area contributed by atoms with Crippen molar-refractivity contribution in [1.82, 2.24) is 9.97 Å². The predicted octanol–water partition coefficient (Wildman–Crippen LogP) is 2.57. The van der Waals surface area contributed by atoms with Crippen molar-refractivity contribution >= 4 is 11.8 Å². The molecule has 6 heteroatoms. The van der Waals surface area contributed by atoms with Gasteiger partial charge in [0, 0.05) is 5.56 Å². The van der Waals surface area contributed by atoms with Gasteiger partial charge in [-0.3, -0.25) is 0 Å². The van der Waals surface area contributed by atoms with E-state index >= 15 is 0 Å². The van der Waals surface area contributed by atoms with Crippen LogP contribution in [0.5, 0.6) is 17.2 Å². The van der Waals surface area contributed by atoms with Gasteiger partial charge in [-0.05, 0) is 30.5 Å². The lowest BCUT2D eigenvalue weighted by atomic mass is 10.00. The zero-order valence-electron chi connectivity index (χ0n) is 11.7. The van der Waals surface area contributed by atoms with Crippen LogP contribution in [0.4, 0.5) is 11.8 Å². The maximum Gasteiger partial charge on any atom is 0.222 e. The van der Waals surface area contributed by atoms with Gasteiger partial charge in [-0.25, -0.2) is 4.98 Å². The van der Waals surface area contributed by atoms with Crippen LogP contribution in [0.25, 0.3) is 0 Å². The number of aromatic nitrogens is 2. The van der Waals surface area contributed by atoms with E-state index in [9.17, 15) is 5.11 Å². The number of aromatic hydroxyl groups is 1. The summed E-state index contributed by atoms with van der Waals surface area (Å²) in [6, 6.07) is 3.46. The van der Waals surface area contributed by atoms with E-state index in [1.165, 1.54) is 6.20 Å². The molecule has 106 valence electrons. The van der Waals surface area contributed by atoms with Crippen LogP contribution >= 0.6 is 0 Å². The molecule has 2 rings (SSSR count). The quantitative estimate of drug-likeness (QED) is 0.794. The molecule has 0 spiro atoms.